The fraction of sp³-hybridized carbons (Fsp3) is 0.400. The highest BCUT2D eigenvalue weighted by molar-refractivity contribution is 6.51. The van der Waals surface area contributed by atoms with Crippen molar-refractivity contribution in [1.29, 1.82) is 0 Å². The molecule has 4 nitrogen and oxygen atoms in total. The van der Waals surface area contributed by atoms with Gasteiger partial charge in [0.15, 0.2) is 6.29 Å². The molecule has 5 heteroatoms. The number of ether oxygens (including phenoxy) is 2. The number of imidazole rings is 1. The van der Waals surface area contributed by atoms with Crippen LogP contribution in [0.5, 0.6) is 0 Å². The molecule has 1 aromatic heterocycles. The van der Waals surface area contributed by atoms with Crippen LogP contribution < -0.4 is 5.72 Å². The summed E-state index contributed by atoms with van der Waals surface area (Å²) in [6.45, 7) is 6.65. The van der Waals surface area contributed by atoms with Crippen molar-refractivity contribution < 1.29 is 9.47 Å². The van der Waals surface area contributed by atoms with Crippen LogP contribution in [-0.4, -0.2) is 36.3 Å². The van der Waals surface area contributed by atoms with Gasteiger partial charge in [0.05, 0.1) is 18.9 Å². The van der Waals surface area contributed by atoms with Crippen LogP contribution in [0.2, 0.25) is 6.32 Å². The lowest BCUT2D eigenvalue weighted by Crippen LogP contribution is -2.34. The molecule has 0 bridgehead atoms. The Bertz CT molecular complexity index is 868. The summed E-state index contributed by atoms with van der Waals surface area (Å²) < 4.78 is 14.0. The molecule has 0 spiro atoms. The first-order valence-corrected chi connectivity index (χ1v) is 11.1. The van der Waals surface area contributed by atoms with Crippen molar-refractivity contribution in [2.24, 2.45) is 5.92 Å². The number of benzene rings is 2. The Morgan fingerprint density at radius 1 is 1.00 bits per heavy atom. The van der Waals surface area contributed by atoms with Gasteiger partial charge in [-0.25, -0.2) is 0 Å². The molecule has 2 aromatic carbocycles. The molecule has 1 aliphatic heterocycles. The second-order valence-corrected chi connectivity index (χ2v) is 8.12. The van der Waals surface area contributed by atoms with Gasteiger partial charge in [0.25, 0.3) is 0 Å². The van der Waals surface area contributed by atoms with E-state index in [2.05, 4.69) is 79.1 Å². The minimum atomic E-state index is -0.0916. The number of rotatable bonds is 9. The maximum absolute atomic E-state index is 5.79. The maximum Gasteiger partial charge on any atom is 0.205 e. The molecular weight excluding hydrogens is 371 g/mol. The SMILES string of the molecule is CCC(Cn1c(C)cnc1BCC(c1ccccc1)c1ccccc1)C1OCCO1. The molecule has 0 N–H and O–H groups in total. The first-order valence-electron chi connectivity index (χ1n) is 11.1. The summed E-state index contributed by atoms with van der Waals surface area (Å²) in [7, 11) is 0.936. The fourth-order valence-electron chi connectivity index (χ4n) is 4.42. The minimum absolute atomic E-state index is 0.0916. The third-order valence-corrected chi connectivity index (χ3v) is 6.17. The lowest BCUT2D eigenvalue weighted by Gasteiger charge is -2.23. The Kier molecular flexibility index (Phi) is 7.03. The summed E-state index contributed by atoms with van der Waals surface area (Å²) in [5.74, 6) is 0.708. The monoisotopic (exact) mass is 402 g/mol. The molecule has 4 rings (SSSR count). The largest absolute Gasteiger partial charge is 0.350 e. The smallest absolute Gasteiger partial charge is 0.205 e. The third kappa shape index (κ3) is 4.85. The lowest BCUT2D eigenvalue weighted by molar-refractivity contribution is -0.0883. The van der Waals surface area contributed by atoms with Gasteiger partial charge in [-0.2, -0.15) is 0 Å². The zero-order chi connectivity index (χ0) is 20.8. The fourth-order valence-corrected chi connectivity index (χ4v) is 4.42. The molecule has 1 aliphatic rings. The zero-order valence-corrected chi connectivity index (χ0v) is 18.0. The Hall–Kier alpha value is -2.37. The molecule has 1 saturated heterocycles. The van der Waals surface area contributed by atoms with E-state index in [4.69, 9.17) is 14.5 Å². The van der Waals surface area contributed by atoms with E-state index in [-0.39, 0.29) is 6.29 Å². The highest BCUT2D eigenvalue weighted by atomic mass is 16.7. The average Bonchev–Trinajstić information content (AvgIpc) is 3.44. The summed E-state index contributed by atoms with van der Waals surface area (Å²) in [5.41, 5.74) is 5.08. The first kappa shape index (κ1) is 20.9. The van der Waals surface area contributed by atoms with E-state index in [1.807, 2.05) is 6.20 Å². The summed E-state index contributed by atoms with van der Waals surface area (Å²) >= 11 is 0. The predicted molar refractivity (Wildman–Crippen MR) is 123 cm³/mol. The van der Waals surface area contributed by atoms with Gasteiger partial charge in [0.1, 0.15) is 0 Å². The second-order valence-electron chi connectivity index (χ2n) is 8.12. The van der Waals surface area contributed by atoms with Crippen molar-refractivity contribution in [2.45, 2.75) is 45.3 Å². The van der Waals surface area contributed by atoms with Gasteiger partial charge in [-0.15, -0.1) is 0 Å². The van der Waals surface area contributed by atoms with E-state index in [0.717, 1.165) is 32.3 Å². The second kappa shape index (κ2) is 10.1. The van der Waals surface area contributed by atoms with E-state index < -0.39 is 0 Å². The third-order valence-electron chi connectivity index (χ3n) is 6.17. The molecule has 3 aromatic rings. The van der Waals surface area contributed by atoms with Crippen molar-refractivity contribution >= 4 is 13.0 Å². The number of aryl methyl sites for hydroxylation is 1. The van der Waals surface area contributed by atoms with Gasteiger partial charge in [0.2, 0.25) is 7.28 Å². The molecule has 1 atom stereocenters. The Labute approximate surface area is 180 Å². The Morgan fingerprint density at radius 3 is 2.17 bits per heavy atom. The standard InChI is InChI=1S/C25H31BN2O2/c1-3-20(24-29-14-15-30-24)18-28-19(2)17-27-25(28)26-16-23(21-10-6-4-7-11-21)22-12-8-5-9-13-22/h4-13,17,20,23-24,26H,3,14-16,18H2,1-2H3. The Morgan fingerprint density at radius 2 is 1.60 bits per heavy atom. The van der Waals surface area contributed by atoms with E-state index in [1.165, 1.54) is 16.8 Å². The van der Waals surface area contributed by atoms with E-state index in [9.17, 15) is 0 Å². The van der Waals surface area contributed by atoms with Gasteiger partial charge in [-0.3, -0.25) is 4.98 Å². The molecule has 0 aliphatic carbocycles. The molecule has 2 heterocycles. The van der Waals surface area contributed by atoms with Crippen LogP contribution in [0.4, 0.5) is 0 Å². The number of hydrogen-bond acceptors (Lipinski definition) is 3. The van der Waals surface area contributed by atoms with Crippen LogP contribution in [0.3, 0.4) is 0 Å². The number of hydrogen-bond donors (Lipinski definition) is 0. The van der Waals surface area contributed by atoms with Crippen molar-refractivity contribution in [1.82, 2.24) is 9.55 Å². The minimum Gasteiger partial charge on any atom is -0.350 e. The summed E-state index contributed by atoms with van der Waals surface area (Å²) in [6.07, 6.45) is 3.96. The molecule has 0 amide bonds. The van der Waals surface area contributed by atoms with Gasteiger partial charge >= 0.3 is 0 Å². The molecular formula is C25H31BN2O2. The van der Waals surface area contributed by atoms with Crippen LogP contribution >= 0.6 is 0 Å². The molecule has 30 heavy (non-hydrogen) atoms. The molecule has 1 fully saturated rings. The lowest BCUT2D eigenvalue weighted by atomic mass is 9.65. The van der Waals surface area contributed by atoms with E-state index in [1.54, 1.807) is 0 Å². The highest BCUT2D eigenvalue weighted by Gasteiger charge is 2.27. The predicted octanol–water partition coefficient (Wildman–Crippen LogP) is 3.90. The van der Waals surface area contributed by atoms with Crippen molar-refractivity contribution in [3.05, 3.63) is 83.7 Å². The molecule has 0 saturated carbocycles. The van der Waals surface area contributed by atoms with Crippen LogP contribution in [0.1, 0.15) is 36.1 Å². The van der Waals surface area contributed by atoms with Gasteiger partial charge < -0.3 is 14.0 Å². The number of aromatic nitrogens is 2. The van der Waals surface area contributed by atoms with Crippen molar-refractivity contribution in [3.63, 3.8) is 0 Å². The normalized spacial score (nSPS) is 15.6. The summed E-state index contributed by atoms with van der Waals surface area (Å²) in [4.78, 5) is 4.77. The van der Waals surface area contributed by atoms with Crippen LogP contribution in [0.25, 0.3) is 0 Å². The van der Waals surface area contributed by atoms with Crippen molar-refractivity contribution in [3.8, 4) is 0 Å². The van der Waals surface area contributed by atoms with Gasteiger partial charge in [0, 0.05) is 30.3 Å². The highest BCUT2D eigenvalue weighted by Crippen LogP contribution is 2.28. The summed E-state index contributed by atoms with van der Waals surface area (Å²) in [5, 5.41) is 0. The topological polar surface area (TPSA) is 36.3 Å². The molecule has 0 radical (unpaired) electrons. The van der Waals surface area contributed by atoms with E-state index in [0.29, 0.717) is 25.0 Å². The van der Waals surface area contributed by atoms with Crippen LogP contribution in [0.15, 0.2) is 66.9 Å². The van der Waals surface area contributed by atoms with Gasteiger partial charge in [-0.05, 0) is 24.5 Å². The molecule has 156 valence electrons. The maximum atomic E-state index is 5.79. The van der Waals surface area contributed by atoms with Crippen LogP contribution in [0, 0.1) is 12.8 Å². The quantitative estimate of drug-likeness (QED) is 0.510. The van der Waals surface area contributed by atoms with Crippen molar-refractivity contribution in [2.75, 3.05) is 13.2 Å². The number of nitrogens with zero attached hydrogens (tertiary/aromatic N) is 2. The zero-order valence-electron chi connectivity index (χ0n) is 18.0. The van der Waals surface area contributed by atoms with E-state index >= 15 is 0 Å². The molecule has 1 unspecified atom stereocenters. The Balaban J connectivity index is 1.52. The summed E-state index contributed by atoms with van der Waals surface area (Å²) in [6, 6.07) is 21.6. The van der Waals surface area contributed by atoms with Gasteiger partial charge in [-0.1, -0.05) is 73.9 Å². The average molecular weight is 402 g/mol. The van der Waals surface area contributed by atoms with Crippen LogP contribution in [-0.2, 0) is 16.0 Å². The first-order chi connectivity index (χ1) is 14.8.